The van der Waals surface area contributed by atoms with Crippen LogP contribution in [0.1, 0.15) is 12.8 Å². The first-order valence-corrected chi connectivity index (χ1v) is 16.0. The molecule has 0 fully saturated rings. The summed E-state index contributed by atoms with van der Waals surface area (Å²) in [7, 11) is 0. The second-order valence-corrected chi connectivity index (χ2v) is 12.1. The molecule has 7 aromatic carbocycles. The van der Waals surface area contributed by atoms with E-state index in [1.165, 1.54) is 60.6 Å². The van der Waals surface area contributed by atoms with E-state index in [9.17, 15) is 0 Å². The highest BCUT2D eigenvalue weighted by molar-refractivity contribution is 6.19. The van der Waals surface area contributed by atoms with Crippen LogP contribution in [-0.4, -0.2) is 0 Å². The van der Waals surface area contributed by atoms with Gasteiger partial charge in [-0.05, 0) is 111 Å². The minimum atomic E-state index is 0.932. The topological polar surface area (TPSA) is 16.4 Å². The van der Waals surface area contributed by atoms with Gasteiger partial charge in [0, 0.05) is 27.8 Å². The largest absolute Gasteiger partial charge is 0.456 e. The molecule has 2 heteroatoms. The van der Waals surface area contributed by atoms with E-state index >= 15 is 0 Å². The number of furan rings is 1. The van der Waals surface area contributed by atoms with Crippen molar-refractivity contribution in [3.8, 4) is 22.3 Å². The number of allylic oxidation sites excluding steroid dienone is 4. The molecule has 1 aromatic heterocycles. The summed E-state index contributed by atoms with van der Waals surface area (Å²) in [5, 5.41) is 7.32. The molecular weight excluding hydrogens is 558 g/mol. The van der Waals surface area contributed by atoms with Gasteiger partial charge < -0.3 is 9.32 Å². The fraction of sp³-hybridized carbons (Fsp3) is 0.0455. The third-order valence-corrected chi connectivity index (χ3v) is 9.30. The first-order chi connectivity index (χ1) is 22.8. The predicted molar refractivity (Wildman–Crippen MR) is 195 cm³/mol. The maximum absolute atomic E-state index is 6.13. The summed E-state index contributed by atoms with van der Waals surface area (Å²) in [4.78, 5) is 2.40. The SMILES string of the molecule is C1=CCCC(N(c2ccc(-c3ccc4ccccc4c3)cc2)c2ccc(-c3ccc4c(ccc5oc6ccccc6c54)c3)cc2)=C1. The van der Waals surface area contributed by atoms with E-state index in [2.05, 4.69) is 157 Å². The summed E-state index contributed by atoms with van der Waals surface area (Å²) < 4.78 is 6.13. The van der Waals surface area contributed by atoms with Crippen LogP contribution in [0.4, 0.5) is 11.4 Å². The first-order valence-electron chi connectivity index (χ1n) is 16.0. The Kier molecular flexibility index (Phi) is 6.31. The molecule has 0 saturated heterocycles. The van der Waals surface area contributed by atoms with E-state index in [0.29, 0.717) is 0 Å². The van der Waals surface area contributed by atoms with Crippen LogP contribution in [0.3, 0.4) is 0 Å². The average Bonchev–Trinajstić information content (AvgIpc) is 3.52. The number of hydrogen-bond acceptors (Lipinski definition) is 2. The molecular formula is C44H31NO. The number of nitrogens with zero attached hydrogens (tertiary/aromatic N) is 1. The quantitative estimate of drug-likeness (QED) is 0.199. The van der Waals surface area contributed by atoms with Gasteiger partial charge in [0.15, 0.2) is 0 Å². The third-order valence-electron chi connectivity index (χ3n) is 9.30. The molecule has 0 saturated carbocycles. The molecule has 0 amide bonds. The maximum Gasteiger partial charge on any atom is 0.136 e. The van der Waals surface area contributed by atoms with Crippen LogP contribution in [0.2, 0.25) is 0 Å². The lowest BCUT2D eigenvalue weighted by atomic mass is 9.98. The molecule has 0 bridgehead atoms. The van der Waals surface area contributed by atoms with Gasteiger partial charge in [0.25, 0.3) is 0 Å². The zero-order chi connectivity index (χ0) is 30.5. The molecule has 0 atom stereocenters. The van der Waals surface area contributed by atoms with E-state index in [1.807, 2.05) is 12.1 Å². The Morgan fingerprint density at radius 1 is 0.478 bits per heavy atom. The van der Waals surface area contributed by atoms with Gasteiger partial charge in [0.2, 0.25) is 0 Å². The lowest BCUT2D eigenvalue weighted by molar-refractivity contribution is 0.669. The van der Waals surface area contributed by atoms with Gasteiger partial charge in [-0.25, -0.2) is 0 Å². The molecule has 0 aliphatic heterocycles. The van der Waals surface area contributed by atoms with Crippen LogP contribution in [0.15, 0.2) is 174 Å². The molecule has 2 nitrogen and oxygen atoms in total. The van der Waals surface area contributed by atoms with Gasteiger partial charge in [-0.2, -0.15) is 0 Å². The second-order valence-electron chi connectivity index (χ2n) is 12.1. The Morgan fingerprint density at radius 2 is 1.11 bits per heavy atom. The van der Waals surface area contributed by atoms with Crippen molar-refractivity contribution < 1.29 is 4.42 Å². The van der Waals surface area contributed by atoms with Crippen LogP contribution in [-0.2, 0) is 0 Å². The Bertz CT molecular complexity index is 2460. The van der Waals surface area contributed by atoms with Gasteiger partial charge in [-0.15, -0.1) is 0 Å². The zero-order valence-corrected chi connectivity index (χ0v) is 25.4. The van der Waals surface area contributed by atoms with E-state index in [1.54, 1.807) is 0 Å². The fourth-order valence-corrected chi connectivity index (χ4v) is 6.96. The van der Waals surface area contributed by atoms with Crippen molar-refractivity contribution in [2.75, 3.05) is 4.90 Å². The molecule has 46 heavy (non-hydrogen) atoms. The Balaban J connectivity index is 1.06. The number of benzene rings is 7. The minimum Gasteiger partial charge on any atom is -0.456 e. The van der Waals surface area contributed by atoms with Crippen molar-refractivity contribution in [3.63, 3.8) is 0 Å². The summed E-state index contributed by atoms with van der Waals surface area (Å²) in [5.41, 5.74) is 10.4. The van der Waals surface area contributed by atoms with Crippen molar-refractivity contribution in [3.05, 3.63) is 170 Å². The molecule has 1 aliphatic rings. The highest BCUT2D eigenvalue weighted by Crippen LogP contribution is 2.38. The smallest absolute Gasteiger partial charge is 0.136 e. The summed E-state index contributed by atoms with van der Waals surface area (Å²) in [6.45, 7) is 0. The Hall–Kier alpha value is -5.86. The van der Waals surface area contributed by atoms with E-state index in [4.69, 9.17) is 4.42 Å². The number of fused-ring (bicyclic) bond motifs is 6. The highest BCUT2D eigenvalue weighted by Gasteiger charge is 2.17. The van der Waals surface area contributed by atoms with Crippen molar-refractivity contribution in [1.29, 1.82) is 0 Å². The molecule has 0 N–H and O–H groups in total. The Morgan fingerprint density at radius 3 is 1.85 bits per heavy atom. The zero-order valence-electron chi connectivity index (χ0n) is 25.4. The molecule has 8 aromatic rings. The average molecular weight is 590 g/mol. The van der Waals surface area contributed by atoms with Crippen LogP contribution < -0.4 is 4.90 Å². The molecule has 0 radical (unpaired) electrons. The molecule has 218 valence electrons. The second kappa shape index (κ2) is 10.9. The van der Waals surface area contributed by atoms with Crippen molar-refractivity contribution in [2.24, 2.45) is 0 Å². The molecule has 0 spiro atoms. The summed E-state index contributed by atoms with van der Waals surface area (Å²) >= 11 is 0. The number of anilines is 2. The molecule has 1 heterocycles. The third kappa shape index (κ3) is 4.58. The van der Waals surface area contributed by atoms with E-state index in [-0.39, 0.29) is 0 Å². The maximum atomic E-state index is 6.13. The minimum absolute atomic E-state index is 0.932. The van der Waals surface area contributed by atoms with Crippen LogP contribution >= 0.6 is 0 Å². The molecule has 0 unspecified atom stereocenters. The van der Waals surface area contributed by atoms with Gasteiger partial charge in [-0.3, -0.25) is 0 Å². The summed E-state index contributed by atoms with van der Waals surface area (Å²) in [6.07, 6.45) is 8.73. The lowest BCUT2D eigenvalue weighted by Crippen LogP contribution is -2.17. The van der Waals surface area contributed by atoms with Gasteiger partial charge in [0.05, 0.1) is 0 Å². The Labute approximate surface area is 268 Å². The summed E-state index contributed by atoms with van der Waals surface area (Å²) in [5.74, 6) is 0. The molecule has 1 aliphatic carbocycles. The van der Waals surface area contributed by atoms with E-state index in [0.717, 1.165) is 35.1 Å². The van der Waals surface area contributed by atoms with Crippen LogP contribution in [0.25, 0.3) is 65.7 Å². The number of rotatable bonds is 5. The molecule has 9 rings (SSSR count). The van der Waals surface area contributed by atoms with Crippen molar-refractivity contribution >= 4 is 54.9 Å². The first kappa shape index (κ1) is 26.5. The van der Waals surface area contributed by atoms with Crippen molar-refractivity contribution in [1.82, 2.24) is 0 Å². The van der Waals surface area contributed by atoms with Crippen molar-refractivity contribution in [2.45, 2.75) is 12.8 Å². The lowest BCUT2D eigenvalue weighted by Gasteiger charge is -2.29. The van der Waals surface area contributed by atoms with Gasteiger partial charge in [-0.1, -0.05) is 109 Å². The normalized spacial score (nSPS) is 13.1. The van der Waals surface area contributed by atoms with E-state index < -0.39 is 0 Å². The van der Waals surface area contributed by atoms with Crippen LogP contribution in [0.5, 0.6) is 0 Å². The van der Waals surface area contributed by atoms with Gasteiger partial charge in [0.1, 0.15) is 11.2 Å². The number of hydrogen-bond donors (Lipinski definition) is 0. The fourth-order valence-electron chi connectivity index (χ4n) is 6.96. The van der Waals surface area contributed by atoms with Crippen LogP contribution in [0, 0.1) is 0 Å². The van der Waals surface area contributed by atoms with Gasteiger partial charge >= 0.3 is 0 Å². The number of para-hydroxylation sites is 1. The monoisotopic (exact) mass is 589 g/mol. The highest BCUT2D eigenvalue weighted by atomic mass is 16.3. The summed E-state index contributed by atoms with van der Waals surface area (Å²) in [6, 6.07) is 52.6. The standard InChI is InChI=1S/C44H31NO/c1-2-10-37(11-3-1)45(38-22-16-31(17-23-38)34-15-14-30-8-4-5-9-33(30)28-34)39-24-18-32(19-25-39)35-20-26-40-36(29-35)21-27-43-44(40)41-12-6-7-13-42(41)46-43/h1-2,4-10,12-29H,3,11H2. The predicted octanol–water partition coefficient (Wildman–Crippen LogP) is 12.6.